The van der Waals surface area contributed by atoms with Crippen LogP contribution in [0.2, 0.25) is 0 Å². The van der Waals surface area contributed by atoms with Gasteiger partial charge in [0.2, 0.25) is 0 Å². The van der Waals surface area contributed by atoms with Crippen LogP contribution in [0.3, 0.4) is 0 Å². The molecule has 0 saturated heterocycles. The van der Waals surface area contributed by atoms with E-state index in [4.69, 9.17) is 5.73 Å². The van der Waals surface area contributed by atoms with Crippen LogP contribution in [-0.4, -0.2) is 5.54 Å². The second-order valence-electron chi connectivity index (χ2n) is 8.50. The highest BCUT2D eigenvalue weighted by molar-refractivity contribution is 5.01. The molecule has 18 heavy (non-hydrogen) atoms. The van der Waals surface area contributed by atoms with Gasteiger partial charge in [-0.05, 0) is 93.3 Å². The van der Waals surface area contributed by atoms with Crippen molar-refractivity contribution in [3.63, 3.8) is 0 Å². The van der Waals surface area contributed by atoms with Gasteiger partial charge < -0.3 is 5.73 Å². The molecule has 0 aromatic heterocycles. The van der Waals surface area contributed by atoms with Gasteiger partial charge in [0.15, 0.2) is 0 Å². The molecule has 0 radical (unpaired) electrons. The smallest absolute Gasteiger partial charge is 0.0158 e. The Morgan fingerprint density at radius 2 is 1.56 bits per heavy atom. The summed E-state index contributed by atoms with van der Waals surface area (Å²) in [6.45, 7) is 2.47. The maximum atomic E-state index is 6.30. The van der Waals surface area contributed by atoms with Crippen molar-refractivity contribution in [2.45, 2.75) is 70.3 Å². The van der Waals surface area contributed by atoms with E-state index in [0.717, 1.165) is 35.5 Å². The van der Waals surface area contributed by atoms with Crippen molar-refractivity contribution in [2.75, 3.05) is 0 Å². The van der Waals surface area contributed by atoms with Crippen LogP contribution in [0.5, 0.6) is 0 Å². The topological polar surface area (TPSA) is 26.0 Å². The van der Waals surface area contributed by atoms with Crippen LogP contribution >= 0.6 is 0 Å². The highest BCUT2D eigenvalue weighted by Gasteiger charge is 2.48. The number of hydrogen-bond donors (Lipinski definition) is 1. The van der Waals surface area contributed by atoms with Gasteiger partial charge in [0.25, 0.3) is 0 Å². The van der Waals surface area contributed by atoms with Crippen LogP contribution in [0.15, 0.2) is 0 Å². The first-order valence-corrected chi connectivity index (χ1v) is 8.40. The molecule has 1 nitrogen and oxygen atoms in total. The minimum atomic E-state index is 0.269. The van der Waals surface area contributed by atoms with Crippen LogP contribution in [-0.2, 0) is 0 Å². The minimum absolute atomic E-state index is 0.269. The molecule has 1 unspecified atom stereocenters. The van der Waals surface area contributed by atoms with Gasteiger partial charge >= 0.3 is 0 Å². The first-order valence-electron chi connectivity index (χ1n) is 8.40. The summed E-state index contributed by atoms with van der Waals surface area (Å²) < 4.78 is 0. The Morgan fingerprint density at radius 3 is 2.06 bits per heavy atom. The molecule has 5 aliphatic rings. The molecule has 0 heterocycles. The Kier molecular flexibility index (Phi) is 2.60. The predicted octanol–water partition coefficient (Wildman–Crippen LogP) is 3.97. The molecule has 5 saturated carbocycles. The van der Waals surface area contributed by atoms with Gasteiger partial charge in [0.05, 0.1) is 0 Å². The molecule has 5 rings (SSSR count). The fraction of sp³-hybridized carbons (Fsp3) is 1.00. The van der Waals surface area contributed by atoms with Crippen molar-refractivity contribution >= 4 is 0 Å². The third-order valence-electron chi connectivity index (χ3n) is 6.74. The zero-order chi connectivity index (χ0) is 12.3. The lowest BCUT2D eigenvalue weighted by Gasteiger charge is -2.55. The predicted molar refractivity (Wildman–Crippen MR) is 75.1 cm³/mol. The lowest BCUT2D eigenvalue weighted by Crippen LogP contribution is -2.45. The Bertz CT molecular complexity index is 303. The SMILES string of the molecule is CC(CC1C2CC3CC(C2)CC1C3)CC1(N)CC1. The number of nitrogens with two attached hydrogens (primary N) is 1. The van der Waals surface area contributed by atoms with Gasteiger partial charge in [-0.3, -0.25) is 0 Å². The lowest BCUT2D eigenvalue weighted by molar-refractivity contribution is -0.0455. The van der Waals surface area contributed by atoms with Gasteiger partial charge in [-0.1, -0.05) is 6.92 Å². The summed E-state index contributed by atoms with van der Waals surface area (Å²) in [7, 11) is 0. The lowest BCUT2D eigenvalue weighted by atomic mass is 9.51. The van der Waals surface area contributed by atoms with Crippen LogP contribution in [0.1, 0.15) is 64.7 Å². The molecule has 5 fully saturated rings. The molecule has 0 aromatic rings. The van der Waals surface area contributed by atoms with Crippen molar-refractivity contribution in [3.8, 4) is 0 Å². The molecule has 0 amide bonds. The van der Waals surface area contributed by atoms with Crippen molar-refractivity contribution in [3.05, 3.63) is 0 Å². The molecule has 4 bridgehead atoms. The summed E-state index contributed by atoms with van der Waals surface area (Å²) in [6.07, 6.45) is 13.3. The molecule has 0 aliphatic heterocycles. The van der Waals surface area contributed by atoms with E-state index < -0.39 is 0 Å². The highest BCUT2D eigenvalue weighted by atomic mass is 14.8. The van der Waals surface area contributed by atoms with E-state index in [1.54, 1.807) is 32.1 Å². The van der Waals surface area contributed by atoms with E-state index in [1.807, 2.05) is 0 Å². The Labute approximate surface area is 112 Å². The van der Waals surface area contributed by atoms with Crippen molar-refractivity contribution in [1.29, 1.82) is 0 Å². The monoisotopic (exact) mass is 247 g/mol. The maximum Gasteiger partial charge on any atom is 0.0158 e. The third kappa shape index (κ3) is 2.03. The quantitative estimate of drug-likeness (QED) is 0.799. The van der Waals surface area contributed by atoms with Gasteiger partial charge in [-0.2, -0.15) is 0 Å². The summed E-state index contributed by atoms with van der Waals surface area (Å²) in [5.74, 6) is 6.43. The summed E-state index contributed by atoms with van der Waals surface area (Å²) in [6, 6.07) is 0. The van der Waals surface area contributed by atoms with E-state index in [-0.39, 0.29) is 5.54 Å². The average molecular weight is 247 g/mol. The largest absolute Gasteiger partial charge is 0.325 e. The summed E-state index contributed by atoms with van der Waals surface area (Å²) >= 11 is 0. The molecular weight excluding hydrogens is 218 g/mol. The van der Waals surface area contributed by atoms with Crippen molar-refractivity contribution in [1.82, 2.24) is 0 Å². The van der Waals surface area contributed by atoms with Crippen LogP contribution in [0.25, 0.3) is 0 Å². The first kappa shape index (κ1) is 11.8. The van der Waals surface area contributed by atoms with Gasteiger partial charge in [0.1, 0.15) is 0 Å². The fourth-order valence-corrected chi connectivity index (χ4v) is 6.03. The molecular formula is C17H29N. The van der Waals surface area contributed by atoms with Crippen molar-refractivity contribution < 1.29 is 0 Å². The van der Waals surface area contributed by atoms with Gasteiger partial charge in [0, 0.05) is 5.54 Å². The molecule has 2 N–H and O–H groups in total. The van der Waals surface area contributed by atoms with Gasteiger partial charge in [-0.15, -0.1) is 0 Å². The molecule has 5 aliphatic carbocycles. The van der Waals surface area contributed by atoms with E-state index in [0.29, 0.717) is 0 Å². The molecule has 1 atom stereocenters. The van der Waals surface area contributed by atoms with Crippen molar-refractivity contribution in [2.24, 2.45) is 41.2 Å². The first-order chi connectivity index (χ1) is 8.61. The zero-order valence-electron chi connectivity index (χ0n) is 11.9. The van der Waals surface area contributed by atoms with E-state index in [1.165, 1.54) is 25.7 Å². The Hall–Kier alpha value is -0.0400. The summed E-state index contributed by atoms with van der Waals surface area (Å²) in [4.78, 5) is 0. The highest BCUT2D eigenvalue weighted by Crippen LogP contribution is 2.58. The minimum Gasteiger partial charge on any atom is -0.325 e. The van der Waals surface area contributed by atoms with Crippen LogP contribution in [0, 0.1) is 35.5 Å². The molecule has 0 spiro atoms. The van der Waals surface area contributed by atoms with E-state index in [9.17, 15) is 0 Å². The Balaban J connectivity index is 1.39. The number of hydrogen-bond acceptors (Lipinski definition) is 1. The van der Waals surface area contributed by atoms with Crippen LogP contribution < -0.4 is 5.73 Å². The van der Waals surface area contributed by atoms with Gasteiger partial charge in [-0.25, -0.2) is 0 Å². The standard InChI is InChI=1S/C17H29N/c1-11(10-17(18)2-3-17)4-16-14-6-12-5-13(8-14)9-15(16)7-12/h11-16H,2-10,18H2,1H3. The second-order valence-corrected chi connectivity index (χ2v) is 8.50. The molecule has 1 heteroatoms. The Morgan fingerprint density at radius 1 is 1.00 bits per heavy atom. The zero-order valence-corrected chi connectivity index (χ0v) is 11.9. The van der Waals surface area contributed by atoms with E-state index >= 15 is 0 Å². The second kappa shape index (κ2) is 3.98. The van der Waals surface area contributed by atoms with Crippen LogP contribution in [0.4, 0.5) is 0 Å². The summed E-state index contributed by atoms with van der Waals surface area (Å²) in [5, 5.41) is 0. The fourth-order valence-electron chi connectivity index (χ4n) is 6.03. The number of rotatable bonds is 4. The molecule has 102 valence electrons. The van der Waals surface area contributed by atoms with E-state index in [2.05, 4.69) is 6.92 Å². The average Bonchev–Trinajstić information content (AvgIpc) is 3.00. The summed E-state index contributed by atoms with van der Waals surface area (Å²) in [5.41, 5.74) is 6.57. The third-order valence-corrected chi connectivity index (χ3v) is 6.74. The molecule has 0 aromatic carbocycles. The normalized spacial score (nSPS) is 49.3. The maximum absolute atomic E-state index is 6.30.